The molecule has 1 heterocycles. The average molecular weight is 576 g/mol. The molecule has 1 unspecified atom stereocenters. The minimum Gasteiger partial charge on any atom is -0.479 e. The summed E-state index contributed by atoms with van der Waals surface area (Å²) in [7, 11) is -2.36. The maximum atomic E-state index is 13.9. The van der Waals surface area contributed by atoms with Gasteiger partial charge in [0.25, 0.3) is 0 Å². The Morgan fingerprint density at radius 2 is 1.63 bits per heavy atom. The Bertz CT molecular complexity index is 1050. The van der Waals surface area contributed by atoms with Gasteiger partial charge in [-0.15, -0.1) is 18.7 Å². The Morgan fingerprint density at radius 3 is 2.05 bits per heavy atom. The van der Waals surface area contributed by atoms with E-state index in [-0.39, 0.29) is 22.3 Å². The predicted octanol–water partition coefficient (Wildman–Crippen LogP) is 7.06. The number of carboxylic acid groups (broad SMARTS) is 1. The van der Waals surface area contributed by atoms with Gasteiger partial charge in [0.2, 0.25) is 0 Å². The molecule has 1 aliphatic rings. The van der Waals surface area contributed by atoms with Gasteiger partial charge in [-0.25, -0.2) is 4.79 Å². The van der Waals surface area contributed by atoms with E-state index >= 15 is 0 Å². The lowest BCUT2D eigenvalue weighted by atomic mass is 9.78. The van der Waals surface area contributed by atoms with E-state index in [0.717, 1.165) is 17.0 Å². The van der Waals surface area contributed by atoms with Gasteiger partial charge in [-0.2, -0.15) is 0 Å². The Balaban J connectivity index is 2.74. The van der Waals surface area contributed by atoms with Crippen LogP contribution in [-0.4, -0.2) is 50.2 Å². The van der Waals surface area contributed by atoms with Crippen LogP contribution in [0.1, 0.15) is 61.3 Å². The second-order valence-electron chi connectivity index (χ2n) is 10.8. The third kappa shape index (κ3) is 6.67. The first-order valence-corrected chi connectivity index (χ1v) is 15.3. The number of nitrogens with zero attached hydrogens (tertiary/aromatic N) is 1. The van der Waals surface area contributed by atoms with Crippen LogP contribution in [0.2, 0.25) is 21.6 Å². The second-order valence-corrected chi connectivity index (χ2v) is 16.8. The van der Waals surface area contributed by atoms with Crippen LogP contribution in [0.3, 0.4) is 0 Å². The maximum Gasteiger partial charge on any atom is 0.573 e. The summed E-state index contributed by atoms with van der Waals surface area (Å²) < 4.78 is 47.8. The van der Waals surface area contributed by atoms with Crippen LogP contribution in [0.25, 0.3) is 0 Å². The highest BCUT2D eigenvalue weighted by Crippen LogP contribution is 2.42. The summed E-state index contributed by atoms with van der Waals surface area (Å²) in [5.74, 6) is -0.370. The van der Waals surface area contributed by atoms with Crippen LogP contribution in [0.15, 0.2) is 18.2 Å². The molecule has 2 rings (SSSR count). The number of carboxylic acids is 1. The number of carbonyl (C=O) groups excluding carboxylic acids is 1. The number of aliphatic carboxylic acids is 1. The van der Waals surface area contributed by atoms with E-state index in [1.807, 2.05) is 0 Å². The molecular formula is C27H37ClF3NO5Si. The minimum atomic E-state index is -4.97. The van der Waals surface area contributed by atoms with E-state index in [1.54, 1.807) is 0 Å². The highest BCUT2D eigenvalue weighted by atomic mass is 35.5. The van der Waals surface area contributed by atoms with Gasteiger partial charge in [0.1, 0.15) is 19.4 Å². The number of hydrogen-bond acceptors (Lipinski definition) is 4. The zero-order chi connectivity index (χ0) is 29.1. The lowest BCUT2D eigenvalue weighted by Crippen LogP contribution is -2.61. The topological polar surface area (TPSA) is 76.1 Å². The fourth-order valence-corrected chi connectivity index (χ4v) is 11.2. The maximum absolute atomic E-state index is 13.9. The van der Waals surface area contributed by atoms with Crippen molar-refractivity contribution in [3.63, 3.8) is 0 Å². The summed E-state index contributed by atoms with van der Waals surface area (Å²) in [5, 5.41) is 10.0. The van der Waals surface area contributed by atoms with E-state index in [1.165, 1.54) is 13.0 Å². The second kappa shape index (κ2) is 12.3. The zero-order valence-electron chi connectivity index (χ0n) is 22.9. The van der Waals surface area contributed by atoms with Crippen molar-refractivity contribution >= 4 is 37.2 Å². The predicted molar refractivity (Wildman–Crippen MR) is 144 cm³/mol. The van der Waals surface area contributed by atoms with Gasteiger partial charge in [-0.1, -0.05) is 53.1 Å². The highest BCUT2D eigenvalue weighted by molar-refractivity contribution is 6.90. The van der Waals surface area contributed by atoms with Crippen molar-refractivity contribution in [2.24, 2.45) is 5.92 Å². The van der Waals surface area contributed by atoms with Crippen molar-refractivity contribution < 1.29 is 37.3 Å². The van der Waals surface area contributed by atoms with Crippen molar-refractivity contribution in [1.29, 1.82) is 0 Å². The van der Waals surface area contributed by atoms with Gasteiger partial charge >= 0.3 is 18.2 Å². The quantitative estimate of drug-likeness (QED) is 0.265. The molecule has 11 heteroatoms. The summed E-state index contributed by atoms with van der Waals surface area (Å²) in [6, 6.07) is 3.28. The summed E-state index contributed by atoms with van der Waals surface area (Å²) in [6.45, 7) is 14.6. The lowest BCUT2D eigenvalue weighted by Gasteiger charge is -2.44. The van der Waals surface area contributed by atoms with Gasteiger partial charge in [0, 0.05) is 18.9 Å². The van der Waals surface area contributed by atoms with Crippen LogP contribution < -0.4 is 9.64 Å². The zero-order valence-corrected chi connectivity index (χ0v) is 24.7. The normalized spacial score (nSPS) is 16.7. The van der Waals surface area contributed by atoms with E-state index < -0.39 is 48.5 Å². The summed E-state index contributed by atoms with van der Waals surface area (Å²) >= 11 is 6.11. The third-order valence-electron chi connectivity index (χ3n) is 7.77. The van der Waals surface area contributed by atoms with E-state index in [4.69, 9.17) is 16.3 Å². The lowest BCUT2D eigenvalue weighted by molar-refractivity contribution is -0.274. The van der Waals surface area contributed by atoms with Gasteiger partial charge in [-0.05, 0) is 66.4 Å². The molecule has 1 aromatic rings. The Hall–Kier alpha value is -2.22. The van der Waals surface area contributed by atoms with E-state index in [9.17, 15) is 27.9 Å². The van der Waals surface area contributed by atoms with Gasteiger partial charge in [0.05, 0.1) is 5.02 Å². The average Bonchev–Trinajstić information content (AvgIpc) is 2.80. The third-order valence-corrected chi connectivity index (χ3v) is 14.4. The number of anilines is 1. The molecule has 0 radical (unpaired) electrons. The van der Waals surface area contributed by atoms with Crippen LogP contribution >= 0.6 is 11.6 Å². The molecular weight excluding hydrogens is 539 g/mol. The van der Waals surface area contributed by atoms with Crippen molar-refractivity contribution in [2.75, 3.05) is 18.1 Å². The molecule has 1 fully saturated rings. The van der Waals surface area contributed by atoms with Crippen molar-refractivity contribution in [3.05, 3.63) is 23.2 Å². The molecule has 1 N–H and O–H groups in total. The first-order valence-electron chi connectivity index (χ1n) is 12.7. The molecule has 38 heavy (non-hydrogen) atoms. The monoisotopic (exact) mass is 575 g/mol. The Morgan fingerprint density at radius 1 is 1.11 bits per heavy atom. The number of rotatable bonds is 8. The Labute approximate surface area is 228 Å². The molecule has 0 aromatic heterocycles. The number of amides is 1. The number of halogens is 4. The fraction of sp³-hybridized carbons (Fsp3) is 0.630. The summed E-state index contributed by atoms with van der Waals surface area (Å²) in [4.78, 5) is 27.8. The summed E-state index contributed by atoms with van der Waals surface area (Å²) in [5.41, 5.74) is 2.27. The highest BCUT2D eigenvalue weighted by Gasteiger charge is 2.50. The van der Waals surface area contributed by atoms with Crippen LogP contribution in [-0.2, 0) is 14.3 Å². The molecule has 6 nitrogen and oxygen atoms in total. The van der Waals surface area contributed by atoms with Gasteiger partial charge in [0.15, 0.2) is 0 Å². The van der Waals surface area contributed by atoms with Crippen molar-refractivity contribution in [3.8, 4) is 17.2 Å². The first-order chi connectivity index (χ1) is 17.5. The molecule has 1 saturated heterocycles. The molecule has 0 spiro atoms. The number of hydrogen-bond donors (Lipinski definition) is 1. The number of ether oxygens (including phenoxy) is 2. The molecule has 1 amide bonds. The minimum absolute atomic E-state index is 0.0196. The van der Waals surface area contributed by atoms with Gasteiger partial charge < -0.3 is 14.6 Å². The van der Waals surface area contributed by atoms with Crippen LogP contribution in [0.4, 0.5) is 18.9 Å². The fourth-order valence-electron chi connectivity index (χ4n) is 5.80. The van der Waals surface area contributed by atoms with Gasteiger partial charge in [-0.3, -0.25) is 9.69 Å². The molecule has 0 aliphatic carbocycles. The van der Waals surface area contributed by atoms with Crippen LogP contribution in [0, 0.1) is 17.4 Å². The van der Waals surface area contributed by atoms with Crippen molar-refractivity contribution in [2.45, 2.75) is 89.8 Å². The standard InChI is InChI=1S/C27H37ClF3NO5Si/c1-17(2)38(18(3)4,19(5)6)15-12-24(33)32(26(7,25(34)35)20-10-13-36-14-11-20)21-8-9-23(22(28)16-21)37-27(29,30)31/h8-9,16-20H,10-11,13-14H2,1-7H3,(H,34,35). The molecule has 0 saturated carbocycles. The van der Waals surface area contributed by atoms with Crippen molar-refractivity contribution in [1.82, 2.24) is 0 Å². The molecule has 1 aliphatic heterocycles. The first kappa shape index (κ1) is 32.0. The van der Waals surface area contributed by atoms with E-state index in [0.29, 0.717) is 26.1 Å². The number of alkyl halides is 3. The number of benzene rings is 1. The number of carbonyl (C=O) groups is 2. The molecule has 0 bridgehead atoms. The molecule has 1 atom stereocenters. The smallest absolute Gasteiger partial charge is 0.479 e. The molecule has 212 valence electrons. The summed E-state index contributed by atoms with van der Waals surface area (Å²) in [6.07, 6.45) is -4.21. The molecule has 1 aromatic carbocycles. The van der Waals surface area contributed by atoms with Crippen LogP contribution in [0.5, 0.6) is 5.75 Å². The Kier molecular flexibility index (Phi) is 10.4. The largest absolute Gasteiger partial charge is 0.573 e. The SMILES string of the molecule is CC(C)[Si](C#CC(=O)N(c1ccc(OC(F)(F)F)c(Cl)c1)C(C)(C(=O)O)C1CCOCC1)(C(C)C)C(C)C. The van der Waals surface area contributed by atoms with E-state index in [2.05, 4.69) is 57.7 Å².